The summed E-state index contributed by atoms with van der Waals surface area (Å²) in [5.74, 6) is 2.76. The van der Waals surface area contributed by atoms with Gasteiger partial charge in [-0.2, -0.15) is 0 Å². The molecule has 1 aromatic heterocycles. The van der Waals surface area contributed by atoms with Crippen molar-refractivity contribution in [2.24, 2.45) is 0 Å². The summed E-state index contributed by atoms with van der Waals surface area (Å²) in [6, 6.07) is 73.9. The van der Waals surface area contributed by atoms with Crippen molar-refractivity contribution in [3.8, 4) is 56.4 Å². The first-order valence-electron chi connectivity index (χ1n) is 20.8. The Kier molecular flexibility index (Phi) is 7.89. The van der Waals surface area contributed by atoms with Crippen LogP contribution in [0, 0.1) is 0 Å². The molecule has 1 atom stereocenters. The van der Waals surface area contributed by atoms with Crippen molar-refractivity contribution in [2.75, 3.05) is 0 Å². The molecule has 0 saturated heterocycles. The maximum atomic E-state index is 6.86. The molecule has 0 amide bonds. The summed E-state index contributed by atoms with van der Waals surface area (Å²) >= 11 is 0. The van der Waals surface area contributed by atoms with Gasteiger partial charge in [0.2, 0.25) is 0 Å². The lowest BCUT2D eigenvalue weighted by Gasteiger charge is -2.39. The van der Waals surface area contributed by atoms with Gasteiger partial charge < -0.3 is 4.74 Å². The molecule has 0 bridgehead atoms. The van der Waals surface area contributed by atoms with Crippen LogP contribution >= 0.6 is 0 Å². The molecule has 8 aromatic carbocycles. The third-order valence-corrected chi connectivity index (χ3v) is 12.8. The van der Waals surface area contributed by atoms with E-state index in [1.54, 1.807) is 0 Å². The number of hydrogen-bond acceptors (Lipinski definition) is 3. The fourth-order valence-electron chi connectivity index (χ4n) is 10.1. The molecule has 0 saturated carbocycles. The van der Waals surface area contributed by atoms with Gasteiger partial charge in [-0.05, 0) is 80.8 Å². The molecular weight excluding hydrogens is 729 g/mol. The van der Waals surface area contributed by atoms with E-state index in [0.717, 1.165) is 62.7 Å². The lowest BCUT2D eigenvalue weighted by molar-refractivity contribution is 0.436. The standard InChI is InChI=1S/C57H38N2O/c1-3-16-37(17-4-1)42-31-32-47(44-23-8-7-22-43(42)44)53-36-52(58-56(59-53)38-18-5-2-6-19-38)41-21-15-20-39(34-41)40-30-33-51-55(35-40)60-54-29-14-13-28-50(54)57(51)48-26-11-9-24-45(48)46-25-10-12-27-49(46)57/h1-30,32-36,42H,31H2. The third kappa shape index (κ3) is 5.29. The highest BCUT2D eigenvalue weighted by molar-refractivity contribution is 5.89. The van der Waals surface area contributed by atoms with E-state index in [1.807, 2.05) is 6.07 Å². The quantitative estimate of drug-likeness (QED) is 0.175. The summed E-state index contributed by atoms with van der Waals surface area (Å²) in [6.07, 6.45) is 3.27. The van der Waals surface area contributed by atoms with Crippen LogP contribution in [0.25, 0.3) is 50.5 Å². The second-order valence-electron chi connectivity index (χ2n) is 16.0. The first kappa shape index (κ1) is 34.4. The summed E-state index contributed by atoms with van der Waals surface area (Å²) in [7, 11) is 0. The van der Waals surface area contributed by atoms with E-state index < -0.39 is 5.41 Å². The lowest BCUT2D eigenvalue weighted by Crippen LogP contribution is -2.32. The molecule has 0 N–H and O–H groups in total. The molecule has 1 aliphatic heterocycles. The van der Waals surface area contributed by atoms with Crippen LogP contribution in [0.1, 0.15) is 57.0 Å². The van der Waals surface area contributed by atoms with E-state index in [9.17, 15) is 0 Å². The van der Waals surface area contributed by atoms with Crippen molar-refractivity contribution in [3.05, 3.63) is 257 Å². The number of para-hydroxylation sites is 1. The van der Waals surface area contributed by atoms with E-state index in [0.29, 0.717) is 11.7 Å². The van der Waals surface area contributed by atoms with Crippen LogP contribution in [0.3, 0.4) is 0 Å². The molecule has 9 aromatic rings. The average Bonchev–Trinajstić information content (AvgIpc) is 3.62. The molecule has 0 fully saturated rings. The van der Waals surface area contributed by atoms with Crippen molar-refractivity contribution in [1.29, 1.82) is 0 Å². The monoisotopic (exact) mass is 766 g/mol. The molecule has 3 nitrogen and oxygen atoms in total. The number of nitrogens with zero attached hydrogens (tertiary/aromatic N) is 2. The Morgan fingerprint density at radius 3 is 1.78 bits per heavy atom. The van der Waals surface area contributed by atoms with Gasteiger partial charge in [-0.25, -0.2) is 9.97 Å². The zero-order chi connectivity index (χ0) is 39.6. The average molecular weight is 767 g/mol. The van der Waals surface area contributed by atoms with Gasteiger partial charge in [0, 0.05) is 33.7 Å². The van der Waals surface area contributed by atoms with E-state index >= 15 is 0 Å². The molecule has 1 unspecified atom stereocenters. The summed E-state index contributed by atoms with van der Waals surface area (Å²) in [5, 5.41) is 0. The van der Waals surface area contributed by atoms with E-state index in [4.69, 9.17) is 14.7 Å². The summed E-state index contributed by atoms with van der Waals surface area (Å²) < 4.78 is 6.86. The normalized spacial score (nSPS) is 15.1. The molecule has 3 aliphatic rings. The minimum absolute atomic E-state index is 0.292. The summed E-state index contributed by atoms with van der Waals surface area (Å²) in [4.78, 5) is 10.5. The van der Waals surface area contributed by atoms with Crippen molar-refractivity contribution in [2.45, 2.75) is 17.8 Å². The summed E-state index contributed by atoms with van der Waals surface area (Å²) in [5.41, 5.74) is 18.0. The number of allylic oxidation sites excluding steroid dienone is 1. The van der Waals surface area contributed by atoms with Crippen molar-refractivity contribution < 1.29 is 4.74 Å². The fourth-order valence-corrected chi connectivity index (χ4v) is 10.1. The van der Waals surface area contributed by atoms with Crippen molar-refractivity contribution in [3.63, 3.8) is 0 Å². The zero-order valence-electron chi connectivity index (χ0n) is 32.8. The Bertz CT molecular complexity index is 3120. The molecule has 60 heavy (non-hydrogen) atoms. The van der Waals surface area contributed by atoms with Gasteiger partial charge in [-0.15, -0.1) is 0 Å². The van der Waals surface area contributed by atoms with Crippen LogP contribution in [0.5, 0.6) is 11.5 Å². The van der Waals surface area contributed by atoms with Gasteiger partial charge in [-0.1, -0.05) is 188 Å². The Morgan fingerprint density at radius 2 is 1.00 bits per heavy atom. The number of hydrogen-bond donors (Lipinski definition) is 0. The van der Waals surface area contributed by atoms with Gasteiger partial charge in [0.25, 0.3) is 0 Å². The van der Waals surface area contributed by atoms with Crippen LogP contribution in [0.15, 0.2) is 212 Å². The third-order valence-electron chi connectivity index (χ3n) is 12.8. The van der Waals surface area contributed by atoms with E-state index in [1.165, 1.54) is 44.5 Å². The Labute approximate surface area is 350 Å². The maximum absolute atomic E-state index is 6.86. The molecule has 282 valence electrons. The molecule has 2 heterocycles. The second kappa shape index (κ2) is 13.8. The minimum Gasteiger partial charge on any atom is -0.457 e. The SMILES string of the molecule is C1=C(c2cc(-c3cccc(-c4ccc5c(c4)Oc4ccccc4C54c5ccccc5-c5ccccc54)c3)nc(-c3ccccc3)n2)c2ccccc2C(c2ccccc2)C1. The van der Waals surface area contributed by atoms with E-state index in [-0.39, 0.29) is 0 Å². The fraction of sp³-hybridized carbons (Fsp3) is 0.0526. The number of fused-ring (bicyclic) bond motifs is 10. The summed E-state index contributed by atoms with van der Waals surface area (Å²) in [6.45, 7) is 0. The molecule has 3 heteroatoms. The Balaban J connectivity index is 0.980. The predicted molar refractivity (Wildman–Crippen MR) is 242 cm³/mol. The van der Waals surface area contributed by atoms with Gasteiger partial charge in [0.1, 0.15) is 11.5 Å². The molecule has 0 radical (unpaired) electrons. The minimum atomic E-state index is -0.490. The Morgan fingerprint density at radius 1 is 0.417 bits per heavy atom. The van der Waals surface area contributed by atoms with Gasteiger partial charge >= 0.3 is 0 Å². The molecular formula is C57H38N2O. The van der Waals surface area contributed by atoms with Crippen LogP contribution in [0.4, 0.5) is 0 Å². The molecule has 1 spiro atoms. The zero-order valence-corrected chi connectivity index (χ0v) is 32.8. The smallest absolute Gasteiger partial charge is 0.160 e. The number of aromatic nitrogens is 2. The van der Waals surface area contributed by atoms with Crippen LogP contribution in [-0.2, 0) is 5.41 Å². The van der Waals surface area contributed by atoms with Gasteiger partial charge in [0.15, 0.2) is 5.82 Å². The van der Waals surface area contributed by atoms with Crippen LogP contribution in [0.2, 0.25) is 0 Å². The number of rotatable bonds is 5. The lowest BCUT2D eigenvalue weighted by atomic mass is 9.66. The maximum Gasteiger partial charge on any atom is 0.160 e. The molecule has 12 rings (SSSR count). The predicted octanol–water partition coefficient (Wildman–Crippen LogP) is 13.9. The van der Waals surface area contributed by atoms with Gasteiger partial charge in [0.05, 0.1) is 16.8 Å². The van der Waals surface area contributed by atoms with Crippen molar-refractivity contribution in [1.82, 2.24) is 9.97 Å². The first-order chi connectivity index (χ1) is 29.7. The number of benzene rings is 8. The number of ether oxygens (including phenoxy) is 1. The largest absolute Gasteiger partial charge is 0.457 e. The van der Waals surface area contributed by atoms with E-state index in [2.05, 4.69) is 206 Å². The first-order valence-corrected chi connectivity index (χ1v) is 20.8. The topological polar surface area (TPSA) is 35.0 Å². The highest BCUT2D eigenvalue weighted by Gasteiger charge is 2.50. The highest BCUT2D eigenvalue weighted by atomic mass is 16.5. The van der Waals surface area contributed by atoms with Gasteiger partial charge in [-0.3, -0.25) is 0 Å². The Hall–Kier alpha value is -7.62. The van der Waals surface area contributed by atoms with Crippen LogP contribution < -0.4 is 4.74 Å². The van der Waals surface area contributed by atoms with Crippen molar-refractivity contribution >= 4 is 5.57 Å². The highest BCUT2D eigenvalue weighted by Crippen LogP contribution is 2.62. The van der Waals surface area contributed by atoms with Crippen LogP contribution in [-0.4, -0.2) is 9.97 Å². The second-order valence-corrected chi connectivity index (χ2v) is 16.0. The molecule has 2 aliphatic carbocycles.